The molecular formula is C16H24BrNO7P2. The van der Waals surface area contributed by atoms with Crippen molar-refractivity contribution in [3.05, 3.63) is 52.0 Å². The highest BCUT2D eigenvalue weighted by Gasteiger charge is 2.34. The molecule has 11 heteroatoms. The van der Waals surface area contributed by atoms with Crippen molar-refractivity contribution in [2.45, 2.75) is 39.8 Å². The molecule has 8 nitrogen and oxygen atoms in total. The monoisotopic (exact) mass is 483 g/mol. The van der Waals surface area contributed by atoms with Gasteiger partial charge in [0.05, 0.1) is 0 Å². The van der Waals surface area contributed by atoms with E-state index in [-0.39, 0.29) is 0 Å². The van der Waals surface area contributed by atoms with E-state index in [4.69, 9.17) is 14.3 Å². The summed E-state index contributed by atoms with van der Waals surface area (Å²) in [6, 6.07) is 6.93. The molecule has 0 aliphatic carbocycles. The molecule has 0 radical (unpaired) electrons. The van der Waals surface area contributed by atoms with Gasteiger partial charge in [0, 0.05) is 10.2 Å². The number of halogens is 1. The fourth-order valence-corrected chi connectivity index (χ4v) is 3.93. The smallest absolute Gasteiger partial charge is 0.356 e. The summed E-state index contributed by atoms with van der Waals surface area (Å²) in [6.07, 6.45) is 3.95. The highest BCUT2D eigenvalue weighted by molar-refractivity contribution is 9.10. The first kappa shape index (κ1) is 24.3. The number of nitrogens with one attached hydrogen (secondary N) is 1. The van der Waals surface area contributed by atoms with Crippen molar-refractivity contribution in [1.82, 2.24) is 0 Å². The summed E-state index contributed by atoms with van der Waals surface area (Å²) in [6.45, 7) is 5.80. The quantitative estimate of drug-likeness (QED) is 0.205. The Labute approximate surface area is 167 Å². The summed E-state index contributed by atoms with van der Waals surface area (Å²) in [5.74, 6) is 0. The minimum atomic E-state index is -5.20. The van der Waals surface area contributed by atoms with Gasteiger partial charge in [-0.3, -0.25) is 4.52 Å². The fraction of sp³-hybridized carbons (Fsp3) is 0.375. The first-order valence-corrected chi connectivity index (χ1v) is 11.8. The Hall–Kier alpha value is -0.760. The number of allylic oxidation sites excluding steroid dienone is 3. The summed E-state index contributed by atoms with van der Waals surface area (Å²) >= 11 is 3.31. The van der Waals surface area contributed by atoms with Gasteiger partial charge in [-0.1, -0.05) is 33.2 Å². The minimum Gasteiger partial charge on any atom is -0.356 e. The third kappa shape index (κ3) is 11.6. The third-order valence-electron chi connectivity index (χ3n) is 3.14. The molecule has 0 bridgehead atoms. The van der Waals surface area contributed by atoms with E-state index in [0.717, 1.165) is 16.5 Å². The number of phosphoric acid groups is 2. The molecule has 0 spiro atoms. The molecule has 2 unspecified atom stereocenters. The van der Waals surface area contributed by atoms with Crippen LogP contribution in [0.2, 0.25) is 0 Å². The molecule has 0 saturated heterocycles. The van der Waals surface area contributed by atoms with Gasteiger partial charge < -0.3 is 20.0 Å². The van der Waals surface area contributed by atoms with Crippen molar-refractivity contribution in [2.24, 2.45) is 0 Å². The van der Waals surface area contributed by atoms with Crippen molar-refractivity contribution >= 4 is 37.3 Å². The van der Waals surface area contributed by atoms with Crippen LogP contribution < -0.4 is 5.32 Å². The molecule has 27 heavy (non-hydrogen) atoms. The molecule has 0 fully saturated rings. The van der Waals surface area contributed by atoms with Crippen LogP contribution in [0.1, 0.15) is 33.6 Å². The lowest BCUT2D eigenvalue weighted by molar-refractivity contribution is 0.162. The lowest BCUT2D eigenvalue weighted by Crippen LogP contribution is -2.20. The maximum absolute atomic E-state index is 11.9. The molecule has 0 saturated carbocycles. The van der Waals surface area contributed by atoms with Gasteiger partial charge in [0.2, 0.25) is 0 Å². The summed E-state index contributed by atoms with van der Waals surface area (Å²) in [5, 5.41) is 2.88. The van der Waals surface area contributed by atoms with Crippen LogP contribution in [-0.2, 0) is 18.0 Å². The first-order valence-electron chi connectivity index (χ1n) is 7.97. The van der Waals surface area contributed by atoms with Gasteiger partial charge in [0.1, 0.15) is 0 Å². The topological polar surface area (TPSA) is 125 Å². The highest BCUT2D eigenvalue weighted by Crippen LogP contribution is 2.58. The predicted molar refractivity (Wildman–Crippen MR) is 108 cm³/mol. The highest BCUT2D eigenvalue weighted by atomic mass is 79.9. The molecule has 0 aliphatic rings. The largest absolute Gasteiger partial charge is 0.483 e. The van der Waals surface area contributed by atoms with E-state index >= 15 is 0 Å². The lowest BCUT2D eigenvalue weighted by Gasteiger charge is -2.21. The summed E-state index contributed by atoms with van der Waals surface area (Å²) in [5.41, 5.74) is 2.62. The van der Waals surface area contributed by atoms with E-state index in [2.05, 4.69) is 31.6 Å². The van der Waals surface area contributed by atoms with E-state index < -0.39 is 21.9 Å². The first-order chi connectivity index (χ1) is 12.4. The van der Waals surface area contributed by atoms with Crippen LogP contribution in [0.4, 0.5) is 5.69 Å². The molecule has 0 aromatic heterocycles. The van der Waals surface area contributed by atoms with Gasteiger partial charge in [-0.05, 0) is 64.0 Å². The zero-order valence-corrected chi connectivity index (χ0v) is 18.6. The molecular weight excluding hydrogens is 460 g/mol. The SMILES string of the molecule is CC(C)=CCC/C(C)=C/C(Nc1ccc(Br)cc1)OP(=O)(O)OP(=O)(O)O. The summed E-state index contributed by atoms with van der Waals surface area (Å²) < 4.78 is 32.4. The van der Waals surface area contributed by atoms with Gasteiger partial charge >= 0.3 is 15.6 Å². The Morgan fingerprint density at radius 2 is 1.78 bits per heavy atom. The molecule has 152 valence electrons. The van der Waals surface area contributed by atoms with Gasteiger partial charge in [-0.25, -0.2) is 9.13 Å². The number of anilines is 1. The van der Waals surface area contributed by atoms with Crippen LogP contribution in [0.25, 0.3) is 0 Å². The Kier molecular flexibility index (Phi) is 9.62. The van der Waals surface area contributed by atoms with Gasteiger partial charge in [-0.15, -0.1) is 0 Å². The number of hydrogen-bond acceptors (Lipinski definition) is 5. The molecule has 1 aromatic carbocycles. The number of benzene rings is 1. The number of rotatable bonds is 10. The predicted octanol–water partition coefficient (Wildman–Crippen LogP) is 5.11. The van der Waals surface area contributed by atoms with Crippen LogP contribution in [0, 0.1) is 0 Å². The second-order valence-corrected chi connectivity index (χ2v) is 9.75. The second kappa shape index (κ2) is 10.7. The number of phosphoric ester groups is 1. The van der Waals surface area contributed by atoms with Crippen molar-refractivity contribution in [3.8, 4) is 0 Å². The minimum absolute atomic E-state index is 0.577. The lowest BCUT2D eigenvalue weighted by atomic mass is 10.1. The van der Waals surface area contributed by atoms with Crippen LogP contribution in [0.3, 0.4) is 0 Å². The van der Waals surface area contributed by atoms with Crippen molar-refractivity contribution < 1.29 is 32.6 Å². The molecule has 4 N–H and O–H groups in total. The Bertz CT molecular complexity index is 769. The third-order valence-corrected chi connectivity index (χ3v) is 5.84. The van der Waals surface area contributed by atoms with Gasteiger partial charge in [0.25, 0.3) is 0 Å². The zero-order valence-electron chi connectivity index (χ0n) is 15.2. The molecule has 2 atom stereocenters. The Morgan fingerprint density at radius 1 is 1.19 bits per heavy atom. The average Bonchev–Trinajstić information content (AvgIpc) is 2.46. The molecule has 1 aromatic rings. The van der Waals surface area contributed by atoms with Crippen molar-refractivity contribution in [1.29, 1.82) is 0 Å². The Morgan fingerprint density at radius 3 is 2.30 bits per heavy atom. The van der Waals surface area contributed by atoms with Crippen LogP contribution >= 0.6 is 31.6 Å². The van der Waals surface area contributed by atoms with E-state index in [1.165, 1.54) is 5.57 Å². The molecule has 1 rings (SSSR count). The van der Waals surface area contributed by atoms with Crippen LogP contribution in [-0.4, -0.2) is 20.9 Å². The summed E-state index contributed by atoms with van der Waals surface area (Å²) in [7, 11) is -10.2. The van der Waals surface area contributed by atoms with Crippen LogP contribution in [0.15, 0.2) is 52.0 Å². The molecule has 0 amide bonds. The van der Waals surface area contributed by atoms with Crippen molar-refractivity contribution in [2.75, 3.05) is 5.32 Å². The fourth-order valence-electron chi connectivity index (χ4n) is 2.04. The van der Waals surface area contributed by atoms with Gasteiger partial charge in [0.15, 0.2) is 6.23 Å². The Balaban J connectivity index is 2.97. The maximum atomic E-state index is 11.9. The van der Waals surface area contributed by atoms with E-state index in [1.54, 1.807) is 30.3 Å². The van der Waals surface area contributed by atoms with E-state index in [1.807, 2.05) is 20.8 Å². The van der Waals surface area contributed by atoms with E-state index in [0.29, 0.717) is 12.1 Å². The molecule has 0 aliphatic heterocycles. The standard InChI is InChI=1S/C16H24BrNO7P2/c1-12(2)5-4-6-13(3)11-16(18-15-9-7-14(17)8-10-15)24-27(22,23)25-26(19,20)21/h5,7-11,16,18H,4,6H2,1-3H3,(H,22,23)(H2,19,20,21)/b13-11+. The van der Waals surface area contributed by atoms with E-state index in [9.17, 15) is 14.0 Å². The zero-order chi connectivity index (χ0) is 20.7. The maximum Gasteiger partial charge on any atom is 0.483 e. The normalized spacial score (nSPS) is 15.7. The summed E-state index contributed by atoms with van der Waals surface area (Å²) in [4.78, 5) is 27.2. The van der Waals surface area contributed by atoms with Gasteiger partial charge in [-0.2, -0.15) is 4.31 Å². The van der Waals surface area contributed by atoms with Crippen molar-refractivity contribution in [3.63, 3.8) is 0 Å². The second-order valence-electron chi connectivity index (χ2n) is 6.05. The van der Waals surface area contributed by atoms with Crippen LogP contribution in [0.5, 0.6) is 0 Å². The number of hydrogen-bond donors (Lipinski definition) is 4. The average molecular weight is 484 g/mol. The molecule has 0 heterocycles.